The summed E-state index contributed by atoms with van der Waals surface area (Å²) in [4.78, 5) is 16.9. The van der Waals surface area contributed by atoms with Crippen LogP contribution in [0.1, 0.15) is 38.8 Å². The molecule has 0 aliphatic carbocycles. The van der Waals surface area contributed by atoms with Gasteiger partial charge >= 0.3 is 0 Å². The van der Waals surface area contributed by atoms with Crippen LogP contribution in [-0.2, 0) is 0 Å². The number of benzene rings is 2. The lowest BCUT2D eigenvalue weighted by Crippen LogP contribution is -2.30. The molecule has 0 radical (unpaired) electrons. The number of carbonyl (C=O) groups is 1. The molecule has 0 spiro atoms. The smallest absolute Gasteiger partial charge is 0.252 e. The Balaban J connectivity index is 1.95. The molecule has 0 aliphatic rings. The van der Waals surface area contributed by atoms with E-state index >= 15 is 0 Å². The minimum atomic E-state index is -0.769. The zero-order valence-electron chi connectivity index (χ0n) is 14.4. The van der Waals surface area contributed by atoms with E-state index < -0.39 is 17.8 Å². The number of aromatic nitrogens is 1. The third-order valence-corrected chi connectivity index (χ3v) is 4.27. The SMILES string of the molecule is N#Cc1ccc(C(NC(=O)c2ccc(C#N)c(F)c2)c2ccc(Cl)cn2)cc1. The van der Waals surface area contributed by atoms with Gasteiger partial charge in [-0.2, -0.15) is 10.5 Å². The Bertz CT molecular complexity index is 1100. The van der Waals surface area contributed by atoms with Crippen LogP contribution in [0.15, 0.2) is 60.8 Å². The first-order valence-corrected chi connectivity index (χ1v) is 8.51. The molecule has 0 bridgehead atoms. The Hall–Kier alpha value is -3.74. The van der Waals surface area contributed by atoms with Crippen molar-refractivity contribution in [2.75, 3.05) is 0 Å². The molecule has 0 saturated carbocycles. The molecule has 5 nitrogen and oxygen atoms in total. The summed E-state index contributed by atoms with van der Waals surface area (Å²) in [6.45, 7) is 0. The molecule has 1 unspecified atom stereocenters. The topological polar surface area (TPSA) is 89.6 Å². The first kappa shape index (κ1) is 19.0. The van der Waals surface area contributed by atoms with Crippen molar-refractivity contribution >= 4 is 17.5 Å². The van der Waals surface area contributed by atoms with Crippen LogP contribution < -0.4 is 5.32 Å². The molecule has 136 valence electrons. The summed E-state index contributed by atoms with van der Waals surface area (Å²) < 4.78 is 13.9. The summed E-state index contributed by atoms with van der Waals surface area (Å²) in [5.41, 5.74) is 1.63. The largest absolute Gasteiger partial charge is 0.340 e. The Kier molecular flexibility index (Phi) is 5.64. The fourth-order valence-corrected chi connectivity index (χ4v) is 2.71. The molecule has 1 heterocycles. The van der Waals surface area contributed by atoms with Crippen molar-refractivity contribution in [1.82, 2.24) is 10.3 Å². The number of carbonyl (C=O) groups excluding carboxylic acids is 1. The van der Waals surface area contributed by atoms with Gasteiger partial charge in [-0.1, -0.05) is 23.7 Å². The minimum Gasteiger partial charge on any atom is -0.340 e. The second-order valence-corrected chi connectivity index (χ2v) is 6.28. The quantitative estimate of drug-likeness (QED) is 0.725. The standard InChI is InChI=1S/C21H12ClFN4O/c22-17-7-8-19(26-12-17)20(14-3-1-13(10-24)2-4-14)27-21(28)15-5-6-16(11-25)18(23)9-15/h1-9,12,20H,(H,27,28). The molecular formula is C21H12ClFN4O. The molecule has 1 N–H and O–H groups in total. The number of nitrogens with zero attached hydrogens (tertiary/aromatic N) is 3. The van der Waals surface area contributed by atoms with E-state index in [2.05, 4.69) is 10.3 Å². The summed E-state index contributed by atoms with van der Waals surface area (Å²) in [5.74, 6) is -1.30. The van der Waals surface area contributed by atoms with E-state index in [0.717, 1.165) is 6.07 Å². The van der Waals surface area contributed by atoms with Crippen LogP contribution in [0.25, 0.3) is 0 Å². The zero-order valence-corrected chi connectivity index (χ0v) is 15.1. The maximum absolute atomic E-state index is 13.9. The fourth-order valence-electron chi connectivity index (χ4n) is 2.60. The van der Waals surface area contributed by atoms with Gasteiger partial charge in [0.05, 0.1) is 34.0 Å². The Morgan fingerprint density at radius 3 is 2.39 bits per heavy atom. The van der Waals surface area contributed by atoms with Gasteiger partial charge in [0.1, 0.15) is 11.9 Å². The summed E-state index contributed by atoms with van der Waals surface area (Å²) >= 11 is 5.90. The number of halogens is 2. The van der Waals surface area contributed by atoms with E-state index in [1.54, 1.807) is 42.5 Å². The predicted octanol–water partition coefficient (Wildman–Crippen LogP) is 4.14. The van der Waals surface area contributed by atoms with Gasteiger partial charge in [-0.3, -0.25) is 9.78 Å². The number of rotatable bonds is 4. The lowest BCUT2D eigenvalue weighted by atomic mass is 10.0. The van der Waals surface area contributed by atoms with Crippen molar-refractivity contribution in [2.45, 2.75) is 6.04 Å². The molecule has 0 aliphatic heterocycles. The lowest BCUT2D eigenvalue weighted by Gasteiger charge is -2.19. The maximum atomic E-state index is 13.9. The number of nitrogens with one attached hydrogen (secondary N) is 1. The molecule has 7 heteroatoms. The van der Waals surface area contributed by atoms with E-state index in [4.69, 9.17) is 22.1 Å². The van der Waals surface area contributed by atoms with Crippen molar-refractivity contribution in [3.05, 3.63) is 99.6 Å². The van der Waals surface area contributed by atoms with Gasteiger partial charge < -0.3 is 5.32 Å². The van der Waals surface area contributed by atoms with E-state index in [1.807, 2.05) is 6.07 Å². The Morgan fingerprint density at radius 2 is 1.82 bits per heavy atom. The van der Waals surface area contributed by atoms with Gasteiger partial charge in [-0.05, 0) is 48.0 Å². The van der Waals surface area contributed by atoms with Gasteiger partial charge in [0.2, 0.25) is 0 Å². The molecule has 3 rings (SSSR count). The van der Waals surface area contributed by atoms with Crippen molar-refractivity contribution in [3.63, 3.8) is 0 Å². The molecule has 0 fully saturated rings. The monoisotopic (exact) mass is 390 g/mol. The molecule has 1 atom stereocenters. The molecule has 3 aromatic rings. The molecule has 1 aromatic heterocycles. The normalized spacial score (nSPS) is 11.1. The number of pyridine rings is 1. The average molecular weight is 391 g/mol. The maximum Gasteiger partial charge on any atom is 0.252 e. The Labute approximate surface area is 165 Å². The van der Waals surface area contributed by atoms with Crippen molar-refractivity contribution in [2.24, 2.45) is 0 Å². The van der Waals surface area contributed by atoms with Crippen LogP contribution in [-0.4, -0.2) is 10.9 Å². The van der Waals surface area contributed by atoms with E-state index in [-0.39, 0.29) is 11.1 Å². The number of hydrogen-bond donors (Lipinski definition) is 1. The second-order valence-electron chi connectivity index (χ2n) is 5.85. The van der Waals surface area contributed by atoms with Gasteiger partial charge in [0.15, 0.2) is 0 Å². The number of amides is 1. The van der Waals surface area contributed by atoms with Crippen LogP contribution in [0.5, 0.6) is 0 Å². The molecule has 1 amide bonds. The minimum absolute atomic E-state index is 0.0732. The first-order valence-electron chi connectivity index (χ1n) is 8.14. The first-order chi connectivity index (χ1) is 13.5. The van der Waals surface area contributed by atoms with Crippen LogP contribution in [0.4, 0.5) is 4.39 Å². The van der Waals surface area contributed by atoms with Crippen LogP contribution in [0.2, 0.25) is 5.02 Å². The van der Waals surface area contributed by atoms with Crippen LogP contribution in [0, 0.1) is 28.5 Å². The number of hydrogen-bond acceptors (Lipinski definition) is 4. The highest BCUT2D eigenvalue weighted by molar-refractivity contribution is 6.30. The van der Waals surface area contributed by atoms with E-state index in [0.29, 0.717) is 21.8 Å². The Morgan fingerprint density at radius 1 is 1.07 bits per heavy atom. The highest BCUT2D eigenvalue weighted by atomic mass is 35.5. The summed E-state index contributed by atoms with van der Waals surface area (Å²) in [6.07, 6.45) is 1.46. The van der Waals surface area contributed by atoms with Gasteiger partial charge in [-0.25, -0.2) is 4.39 Å². The van der Waals surface area contributed by atoms with Crippen LogP contribution in [0.3, 0.4) is 0 Å². The molecule has 28 heavy (non-hydrogen) atoms. The summed E-state index contributed by atoms with van der Waals surface area (Å²) in [7, 11) is 0. The van der Waals surface area contributed by atoms with Gasteiger partial charge in [0, 0.05) is 11.8 Å². The molecule has 0 saturated heterocycles. The summed E-state index contributed by atoms with van der Waals surface area (Å²) in [5, 5.41) is 21.1. The lowest BCUT2D eigenvalue weighted by molar-refractivity contribution is 0.0942. The molecular weight excluding hydrogens is 379 g/mol. The highest BCUT2D eigenvalue weighted by Gasteiger charge is 2.20. The summed E-state index contributed by atoms with van der Waals surface area (Å²) in [6, 6.07) is 16.7. The van der Waals surface area contributed by atoms with Crippen molar-refractivity contribution in [1.29, 1.82) is 10.5 Å². The van der Waals surface area contributed by atoms with E-state index in [1.165, 1.54) is 18.3 Å². The molecule has 2 aromatic carbocycles. The highest BCUT2D eigenvalue weighted by Crippen LogP contribution is 2.23. The number of nitriles is 2. The van der Waals surface area contributed by atoms with Crippen LogP contribution >= 0.6 is 11.6 Å². The third kappa shape index (κ3) is 4.15. The van der Waals surface area contributed by atoms with Crippen molar-refractivity contribution < 1.29 is 9.18 Å². The fraction of sp³-hybridized carbons (Fsp3) is 0.0476. The zero-order chi connectivity index (χ0) is 20.1. The van der Waals surface area contributed by atoms with Gasteiger partial charge in [0.25, 0.3) is 5.91 Å². The second kappa shape index (κ2) is 8.30. The van der Waals surface area contributed by atoms with E-state index in [9.17, 15) is 9.18 Å². The van der Waals surface area contributed by atoms with Gasteiger partial charge in [-0.15, -0.1) is 0 Å². The predicted molar refractivity (Wildman–Crippen MR) is 101 cm³/mol. The average Bonchev–Trinajstić information content (AvgIpc) is 2.72. The van der Waals surface area contributed by atoms with Crippen molar-refractivity contribution in [3.8, 4) is 12.1 Å². The third-order valence-electron chi connectivity index (χ3n) is 4.05.